The van der Waals surface area contributed by atoms with Gasteiger partial charge in [-0.25, -0.2) is 9.97 Å². The fourth-order valence-corrected chi connectivity index (χ4v) is 1.28. The number of hydrogen-bond donors (Lipinski definition) is 1. The van der Waals surface area contributed by atoms with Crippen molar-refractivity contribution >= 4 is 11.4 Å². The van der Waals surface area contributed by atoms with Gasteiger partial charge >= 0.3 is 0 Å². The highest BCUT2D eigenvalue weighted by atomic mass is 14.8. The fourth-order valence-electron chi connectivity index (χ4n) is 1.28. The number of aliphatic imine (C=N–C) groups is 1. The Balaban J connectivity index is 3.10. The maximum absolute atomic E-state index is 6.03. The molecule has 0 fully saturated rings. The number of allylic oxidation sites excluding steroid dienone is 2. The van der Waals surface area contributed by atoms with Crippen LogP contribution in [0, 0.1) is 5.41 Å². The first-order chi connectivity index (χ1) is 8.45. The van der Waals surface area contributed by atoms with Gasteiger partial charge in [-0.15, -0.1) is 0 Å². The van der Waals surface area contributed by atoms with Crippen LogP contribution in [0.15, 0.2) is 41.9 Å². The summed E-state index contributed by atoms with van der Waals surface area (Å²) in [5, 5.41) is 0. The topological polar surface area (TPSA) is 64.2 Å². The van der Waals surface area contributed by atoms with E-state index in [2.05, 4.69) is 35.7 Å². The monoisotopic (exact) mass is 244 g/mol. The van der Waals surface area contributed by atoms with E-state index < -0.39 is 0 Å². The van der Waals surface area contributed by atoms with Gasteiger partial charge in [0.25, 0.3) is 0 Å². The molecule has 0 aliphatic heterocycles. The molecule has 0 unspecified atom stereocenters. The summed E-state index contributed by atoms with van der Waals surface area (Å²) < 4.78 is 0. The summed E-state index contributed by atoms with van der Waals surface area (Å²) >= 11 is 0. The highest BCUT2D eigenvalue weighted by Crippen LogP contribution is 2.19. The smallest absolute Gasteiger partial charge is 0.116 e. The van der Waals surface area contributed by atoms with E-state index in [0.29, 0.717) is 11.4 Å². The van der Waals surface area contributed by atoms with Crippen LogP contribution in [0.4, 0.5) is 0 Å². The first-order valence-electron chi connectivity index (χ1n) is 5.88. The molecule has 18 heavy (non-hydrogen) atoms. The van der Waals surface area contributed by atoms with Crippen molar-refractivity contribution in [2.75, 3.05) is 0 Å². The van der Waals surface area contributed by atoms with E-state index in [1.807, 2.05) is 19.1 Å². The molecule has 2 N–H and O–H groups in total. The van der Waals surface area contributed by atoms with Gasteiger partial charge in [-0.3, -0.25) is 4.99 Å². The van der Waals surface area contributed by atoms with E-state index in [1.54, 1.807) is 18.5 Å². The lowest BCUT2D eigenvalue weighted by atomic mass is 9.89. The van der Waals surface area contributed by atoms with Crippen molar-refractivity contribution in [1.82, 2.24) is 9.97 Å². The largest absolute Gasteiger partial charge is 0.397 e. The van der Waals surface area contributed by atoms with E-state index >= 15 is 0 Å². The number of aromatic nitrogens is 2. The molecule has 0 bridgehead atoms. The zero-order valence-electron chi connectivity index (χ0n) is 11.4. The molecule has 0 amide bonds. The minimum atomic E-state index is -0.0723. The lowest BCUT2D eigenvalue weighted by Gasteiger charge is -2.18. The normalized spacial score (nSPS) is 14.2. The molecule has 0 aromatic carbocycles. The van der Waals surface area contributed by atoms with Crippen LogP contribution in [0.3, 0.4) is 0 Å². The Hall–Kier alpha value is -1.97. The molecule has 0 aliphatic carbocycles. The molecule has 1 aromatic heterocycles. The molecular weight excluding hydrogens is 224 g/mol. The van der Waals surface area contributed by atoms with E-state index in [9.17, 15) is 0 Å². The number of hydrogen-bond acceptors (Lipinski definition) is 4. The maximum atomic E-state index is 6.03. The predicted octanol–water partition coefficient (Wildman–Crippen LogP) is 2.80. The van der Waals surface area contributed by atoms with Crippen molar-refractivity contribution in [1.29, 1.82) is 0 Å². The van der Waals surface area contributed by atoms with Crippen LogP contribution in [0.1, 0.15) is 33.4 Å². The zero-order valence-corrected chi connectivity index (χ0v) is 11.4. The Bertz CT molecular complexity index is 464. The van der Waals surface area contributed by atoms with E-state index in [1.165, 1.54) is 6.33 Å². The van der Waals surface area contributed by atoms with Crippen molar-refractivity contribution in [2.24, 2.45) is 16.1 Å². The Kier molecular flexibility index (Phi) is 4.77. The molecule has 0 aliphatic rings. The standard InChI is InChI=1S/C14H20N4/c1-5-7-17-13(14(2,3)4)9-11(15)12-6-8-16-10-18-12/h5-10H,15H2,1-4H3/b7-5-,11-9-,17-13+. The second-order valence-corrected chi connectivity index (χ2v) is 4.94. The Morgan fingerprint density at radius 2 is 2.11 bits per heavy atom. The Labute approximate surface area is 108 Å². The van der Waals surface area contributed by atoms with Gasteiger partial charge in [-0.1, -0.05) is 26.8 Å². The van der Waals surface area contributed by atoms with Gasteiger partial charge < -0.3 is 5.73 Å². The maximum Gasteiger partial charge on any atom is 0.116 e. The average molecular weight is 244 g/mol. The second-order valence-electron chi connectivity index (χ2n) is 4.94. The summed E-state index contributed by atoms with van der Waals surface area (Å²) in [6, 6.07) is 1.78. The minimum absolute atomic E-state index is 0.0723. The third-order valence-corrected chi connectivity index (χ3v) is 2.30. The summed E-state index contributed by atoms with van der Waals surface area (Å²) in [6.07, 6.45) is 8.67. The van der Waals surface area contributed by atoms with E-state index in [4.69, 9.17) is 5.73 Å². The van der Waals surface area contributed by atoms with Crippen molar-refractivity contribution in [2.45, 2.75) is 27.7 Å². The molecule has 1 heterocycles. The summed E-state index contributed by atoms with van der Waals surface area (Å²) in [4.78, 5) is 12.4. The van der Waals surface area contributed by atoms with Gasteiger partial charge in [-0.05, 0) is 19.1 Å². The summed E-state index contributed by atoms with van der Waals surface area (Å²) in [5.41, 5.74) is 8.18. The molecule has 1 aromatic rings. The highest BCUT2D eigenvalue weighted by molar-refractivity contribution is 6.03. The highest BCUT2D eigenvalue weighted by Gasteiger charge is 2.17. The van der Waals surface area contributed by atoms with Crippen molar-refractivity contribution in [3.05, 3.63) is 42.6 Å². The van der Waals surface area contributed by atoms with Crippen LogP contribution in [0.5, 0.6) is 0 Å². The van der Waals surface area contributed by atoms with Crippen molar-refractivity contribution < 1.29 is 0 Å². The van der Waals surface area contributed by atoms with Crippen LogP contribution in [0.2, 0.25) is 0 Å². The molecule has 0 atom stereocenters. The molecular formula is C14H20N4. The lowest BCUT2D eigenvalue weighted by molar-refractivity contribution is 0.594. The SMILES string of the molecule is C\C=C/N=C(\C=C(/N)c1ccncn1)C(C)(C)C. The van der Waals surface area contributed by atoms with E-state index in [0.717, 1.165) is 5.71 Å². The molecule has 0 spiro atoms. The zero-order chi connectivity index (χ0) is 13.6. The Morgan fingerprint density at radius 1 is 1.39 bits per heavy atom. The predicted molar refractivity (Wildman–Crippen MR) is 75.9 cm³/mol. The third-order valence-electron chi connectivity index (χ3n) is 2.30. The molecule has 4 heteroatoms. The minimum Gasteiger partial charge on any atom is -0.397 e. The first kappa shape index (κ1) is 14.1. The van der Waals surface area contributed by atoms with Crippen molar-refractivity contribution in [3.63, 3.8) is 0 Å². The number of nitrogens with zero attached hydrogens (tertiary/aromatic N) is 3. The van der Waals surface area contributed by atoms with Gasteiger partial charge in [-0.2, -0.15) is 0 Å². The van der Waals surface area contributed by atoms with Gasteiger partial charge in [0.15, 0.2) is 0 Å². The molecule has 4 nitrogen and oxygen atoms in total. The van der Waals surface area contributed by atoms with Gasteiger partial charge in [0, 0.05) is 23.5 Å². The summed E-state index contributed by atoms with van der Waals surface area (Å²) in [7, 11) is 0. The third kappa shape index (κ3) is 4.13. The quantitative estimate of drug-likeness (QED) is 0.831. The van der Waals surface area contributed by atoms with Gasteiger partial charge in [0.2, 0.25) is 0 Å². The molecule has 0 saturated carbocycles. The van der Waals surface area contributed by atoms with Gasteiger partial charge in [0.1, 0.15) is 6.33 Å². The van der Waals surface area contributed by atoms with Crippen LogP contribution in [0.25, 0.3) is 5.70 Å². The average Bonchev–Trinajstić information content (AvgIpc) is 2.34. The summed E-state index contributed by atoms with van der Waals surface area (Å²) in [6.45, 7) is 8.22. The lowest BCUT2D eigenvalue weighted by Crippen LogP contribution is -2.19. The first-order valence-corrected chi connectivity index (χ1v) is 5.88. The fraction of sp³-hybridized carbons (Fsp3) is 0.357. The second kappa shape index (κ2) is 6.10. The van der Waals surface area contributed by atoms with Crippen LogP contribution in [-0.4, -0.2) is 15.7 Å². The summed E-state index contributed by atoms with van der Waals surface area (Å²) in [5.74, 6) is 0. The van der Waals surface area contributed by atoms with Crippen LogP contribution >= 0.6 is 0 Å². The van der Waals surface area contributed by atoms with Crippen molar-refractivity contribution in [3.8, 4) is 0 Å². The van der Waals surface area contributed by atoms with Gasteiger partial charge in [0.05, 0.1) is 11.4 Å². The van der Waals surface area contributed by atoms with E-state index in [-0.39, 0.29) is 5.41 Å². The molecule has 96 valence electrons. The number of nitrogens with two attached hydrogens (primary N) is 1. The molecule has 1 rings (SSSR count). The molecule has 0 radical (unpaired) electrons. The Morgan fingerprint density at radius 3 is 2.61 bits per heavy atom. The van der Waals surface area contributed by atoms with Crippen LogP contribution in [-0.2, 0) is 0 Å². The van der Waals surface area contributed by atoms with Crippen LogP contribution < -0.4 is 5.73 Å². The number of rotatable bonds is 3. The molecule has 0 saturated heterocycles.